The molecule has 0 saturated carbocycles. The average molecular weight is 408 g/mol. The summed E-state index contributed by atoms with van der Waals surface area (Å²) in [6.45, 7) is 9.61. The normalized spacial score (nSPS) is 14.6. The van der Waals surface area contributed by atoms with Crippen molar-refractivity contribution in [3.63, 3.8) is 0 Å². The molecule has 1 fully saturated rings. The molecule has 0 N–H and O–H groups in total. The van der Waals surface area contributed by atoms with Gasteiger partial charge in [0.25, 0.3) is 0 Å². The van der Waals surface area contributed by atoms with Crippen LogP contribution in [0.1, 0.15) is 19.4 Å². The zero-order chi connectivity index (χ0) is 21.3. The number of amides is 1. The lowest BCUT2D eigenvalue weighted by Crippen LogP contribution is -2.52. The van der Waals surface area contributed by atoms with Crippen molar-refractivity contribution in [3.8, 4) is 0 Å². The van der Waals surface area contributed by atoms with Gasteiger partial charge in [-0.2, -0.15) is 5.10 Å². The van der Waals surface area contributed by atoms with Gasteiger partial charge < -0.3 is 14.7 Å². The molecule has 0 unspecified atom stereocenters. The van der Waals surface area contributed by atoms with Crippen LogP contribution in [0.2, 0.25) is 0 Å². The molecule has 2 aromatic heterocycles. The van der Waals surface area contributed by atoms with Crippen LogP contribution in [0.3, 0.4) is 0 Å². The third kappa shape index (κ3) is 3.81. The first-order valence-electron chi connectivity index (χ1n) is 10.4. The number of hydrogen-bond donors (Lipinski definition) is 0. The third-order valence-corrected chi connectivity index (χ3v) is 5.79. The minimum absolute atomic E-state index is 0.167. The minimum Gasteiger partial charge on any atom is -0.360 e. The number of para-hydroxylation sites is 1. The molecule has 0 radical (unpaired) electrons. The van der Waals surface area contributed by atoms with Gasteiger partial charge >= 0.3 is 0 Å². The van der Waals surface area contributed by atoms with Gasteiger partial charge in [0.15, 0.2) is 5.65 Å². The molecule has 1 aliphatic heterocycles. The number of benzene rings is 1. The van der Waals surface area contributed by atoms with E-state index in [0.717, 1.165) is 35.6 Å². The van der Waals surface area contributed by atoms with Crippen molar-refractivity contribution in [1.29, 1.82) is 0 Å². The maximum absolute atomic E-state index is 13.1. The summed E-state index contributed by atoms with van der Waals surface area (Å²) in [6.07, 6.45) is 3.39. The Bertz CT molecular complexity index is 1040. The number of nitrogens with zero attached hydrogens (tertiary/aromatic N) is 7. The van der Waals surface area contributed by atoms with Gasteiger partial charge in [-0.05, 0) is 32.4 Å². The molecule has 1 aliphatic rings. The second-order valence-corrected chi connectivity index (χ2v) is 8.08. The van der Waals surface area contributed by atoms with Gasteiger partial charge in [-0.1, -0.05) is 18.2 Å². The fourth-order valence-corrected chi connectivity index (χ4v) is 4.05. The second-order valence-electron chi connectivity index (χ2n) is 8.08. The summed E-state index contributed by atoms with van der Waals surface area (Å²) in [6, 6.07) is 8.49. The van der Waals surface area contributed by atoms with Gasteiger partial charge in [0.05, 0.1) is 18.1 Å². The van der Waals surface area contributed by atoms with Crippen LogP contribution in [0.5, 0.6) is 0 Å². The van der Waals surface area contributed by atoms with E-state index in [1.807, 2.05) is 30.3 Å². The number of carbonyl (C=O) groups is 1. The number of anilines is 2. The summed E-state index contributed by atoms with van der Waals surface area (Å²) in [5, 5.41) is 5.25. The highest BCUT2D eigenvalue weighted by Gasteiger charge is 2.26. The van der Waals surface area contributed by atoms with Crippen LogP contribution in [0.15, 0.2) is 36.8 Å². The maximum Gasteiger partial charge on any atom is 0.242 e. The summed E-state index contributed by atoms with van der Waals surface area (Å²) < 4.78 is 1.76. The van der Waals surface area contributed by atoms with Crippen molar-refractivity contribution in [2.75, 3.05) is 42.5 Å². The number of aromatic nitrogens is 4. The fraction of sp³-hybridized carbons (Fsp3) is 0.455. The number of aryl methyl sites for hydroxylation is 2. The summed E-state index contributed by atoms with van der Waals surface area (Å²) in [7, 11) is 1.88. The van der Waals surface area contributed by atoms with Crippen molar-refractivity contribution in [3.05, 3.63) is 42.4 Å². The van der Waals surface area contributed by atoms with E-state index in [9.17, 15) is 4.79 Å². The van der Waals surface area contributed by atoms with Crippen molar-refractivity contribution >= 4 is 28.4 Å². The highest BCUT2D eigenvalue weighted by atomic mass is 16.2. The molecule has 0 bridgehead atoms. The van der Waals surface area contributed by atoms with E-state index in [2.05, 4.69) is 57.8 Å². The topological polar surface area (TPSA) is 70.4 Å². The highest BCUT2D eigenvalue weighted by molar-refractivity contribution is 5.87. The Labute approximate surface area is 177 Å². The Morgan fingerprint density at radius 2 is 1.87 bits per heavy atom. The molecule has 0 spiro atoms. The third-order valence-electron chi connectivity index (χ3n) is 5.79. The Morgan fingerprint density at radius 3 is 2.57 bits per heavy atom. The molecule has 3 aromatic rings. The number of carbonyl (C=O) groups excluding carboxylic acids is 1. The first-order valence-corrected chi connectivity index (χ1v) is 10.4. The molecule has 0 atom stereocenters. The van der Waals surface area contributed by atoms with Gasteiger partial charge in [0, 0.05) is 45.0 Å². The van der Waals surface area contributed by atoms with Crippen LogP contribution >= 0.6 is 0 Å². The summed E-state index contributed by atoms with van der Waals surface area (Å²) in [5.41, 5.74) is 3.14. The van der Waals surface area contributed by atoms with E-state index in [1.54, 1.807) is 11.0 Å². The molecule has 3 heterocycles. The molecular formula is C22H29N7O. The average Bonchev–Trinajstić information content (AvgIpc) is 3.13. The molecule has 8 heteroatoms. The number of piperazine rings is 1. The van der Waals surface area contributed by atoms with E-state index in [-0.39, 0.29) is 11.9 Å². The lowest BCUT2D eigenvalue weighted by atomic mass is 10.1. The SMILES string of the molecule is Cc1ccccc1N(CC(=O)N1CCN(c2ncnc3c2cnn3C)CC1)C(C)C. The standard InChI is InChI=1S/C22H29N7O/c1-16(2)29(19-8-6-5-7-17(19)3)14-20(30)27-9-11-28(12-10-27)22-18-13-25-26(4)21(18)23-15-24-22/h5-8,13,15-16H,9-12,14H2,1-4H3. The molecule has 1 saturated heterocycles. The molecule has 158 valence electrons. The first-order chi connectivity index (χ1) is 14.5. The Hall–Kier alpha value is -3.16. The van der Waals surface area contributed by atoms with Crippen LogP contribution in [0, 0.1) is 6.92 Å². The van der Waals surface area contributed by atoms with Crippen LogP contribution in [-0.4, -0.2) is 69.3 Å². The fourth-order valence-electron chi connectivity index (χ4n) is 4.05. The quantitative estimate of drug-likeness (QED) is 0.646. The maximum atomic E-state index is 13.1. The van der Waals surface area contributed by atoms with E-state index in [4.69, 9.17) is 0 Å². The zero-order valence-electron chi connectivity index (χ0n) is 18.1. The molecule has 1 amide bonds. The van der Waals surface area contributed by atoms with Crippen molar-refractivity contribution in [2.24, 2.45) is 7.05 Å². The summed E-state index contributed by atoms with van der Waals surface area (Å²) in [4.78, 5) is 28.3. The number of rotatable bonds is 5. The zero-order valence-corrected chi connectivity index (χ0v) is 18.1. The molecule has 8 nitrogen and oxygen atoms in total. The number of hydrogen-bond acceptors (Lipinski definition) is 6. The van der Waals surface area contributed by atoms with E-state index in [0.29, 0.717) is 19.6 Å². The molecule has 0 aliphatic carbocycles. The predicted octanol–water partition coefficient (Wildman–Crippen LogP) is 2.24. The minimum atomic E-state index is 0.167. The van der Waals surface area contributed by atoms with Gasteiger partial charge in [0.2, 0.25) is 5.91 Å². The summed E-state index contributed by atoms with van der Waals surface area (Å²) >= 11 is 0. The Kier molecular flexibility index (Phi) is 5.57. The monoisotopic (exact) mass is 407 g/mol. The van der Waals surface area contributed by atoms with Crippen LogP contribution < -0.4 is 9.80 Å². The largest absolute Gasteiger partial charge is 0.360 e. The van der Waals surface area contributed by atoms with E-state index in [1.165, 1.54) is 5.56 Å². The Balaban J connectivity index is 1.43. The first kappa shape index (κ1) is 20.1. The van der Waals surface area contributed by atoms with Gasteiger partial charge in [-0.3, -0.25) is 9.48 Å². The van der Waals surface area contributed by atoms with Gasteiger partial charge in [0.1, 0.15) is 12.1 Å². The van der Waals surface area contributed by atoms with Gasteiger partial charge in [-0.15, -0.1) is 0 Å². The van der Waals surface area contributed by atoms with Gasteiger partial charge in [-0.25, -0.2) is 9.97 Å². The summed E-state index contributed by atoms with van der Waals surface area (Å²) in [5.74, 6) is 1.06. The second kappa shape index (κ2) is 8.30. The molecule has 1 aromatic carbocycles. The Morgan fingerprint density at radius 1 is 1.13 bits per heavy atom. The lowest BCUT2D eigenvalue weighted by Gasteiger charge is -2.37. The molecular weight excluding hydrogens is 378 g/mol. The highest BCUT2D eigenvalue weighted by Crippen LogP contribution is 2.24. The number of fused-ring (bicyclic) bond motifs is 1. The smallest absolute Gasteiger partial charge is 0.242 e. The van der Waals surface area contributed by atoms with E-state index >= 15 is 0 Å². The van der Waals surface area contributed by atoms with Crippen molar-refractivity contribution in [1.82, 2.24) is 24.6 Å². The molecule has 30 heavy (non-hydrogen) atoms. The van der Waals surface area contributed by atoms with Crippen molar-refractivity contribution in [2.45, 2.75) is 26.8 Å². The van der Waals surface area contributed by atoms with Crippen LogP contribution in [0.4, 0.5) is 11.5 Å². The molecule has 4 rings (SSSR count). The lowest BCUT2D eigenvalue weighted by molar-refractivity contribution is -0.130. The van der Waals surface area contributed by atoms with Crippen molar-refractivity contribution < 1.29 is 4.79 Å². The van der Waals surface area contributed by atoms with Crippen LogP contribution in [0.25, 0.3) is 11.0 Å². The predicted molar refractivity (Wildman–Crippen MR) is 119 cm³/mol. The van der Waals surface area contributed by atoms with Crippen LogP contribution in [-0.2, 0) is 11.8 Å². The van der Waals surface area contributed by atoms with E-state index < -0.39 is 0 Å².